The van der Waals surface area contributed by atoms with Crippen molar-refractivity contribution in [3.63, 3.8) is 0 Å². The summed E-state index contributed by atoms with van der Waals surface area (Å²) in [7, 11) is 0. The van der Waals surface area contributed by atoms with Crippen molar-refractivity contribution < 1.29 is 9.90 Å². The van der Waals surface area contributed by atoms with Crippen LogP contribution in [0.5, 0.6) is 0 Å². The first-order valence-electron chi connectivity index (χ1n) is 6.03. The van der Waals surface area contributed by atoms with Crippen molar-refractivity contribution >= 4 is 5.97 Å². The van der Waals surface area contributed by atoms with Gasteiger partial charge in [0.05, 0.1) is 5.97 Å². The minimum absolute atomic E-state index is 0.130. The molecule has 0 radical (unpaired) electrons. The van der Waals surface area contributed by atoms with Gasteiger partial charge in [-0.1, -0.05) is 58.0 Å². The van der Waals surface area contributed by atoms with Crippen LogP contribution in [0, 0.1) is 5.41 Å². The normalized spacial score (nSPS) is 15.3. The van der Waals surface area contributed by atoms with Gasteiger partial charge in [-0.15, -0.1) is 0 Å². The third kappa shape index (κ3) is 3.58. The molecule has 1 aromatic carbocycles. The number of carbonyl (C=O) groups is 1. The molecular weight excluding hydrogens is 212 g/mol. The van der Waals surface area contributed by atoms with Crippen LogP contribution in [0.25, 0.3) is 0 Å². The summed E-state index contributed by atoms with van der Waals surface area (Å²) in [5, 5.41) is 11.4. The highest BCUT2D eigenvalue weighted by Crippen LogP contribution is 2.33. The Labute approximate surface area is 104 Å². The zero-order valence-corrected chi connectivity index (χ0v) is 11.1. The molecule has 0 fully saturated rings. The van der Waals surface area contributed by atoms with Crippen LogP contribution >= 0.6 is 0 Å². The average molecular weight is 233 g/mol. The molecule has 0 N–H and O–H groups in total. The lowest BCUT2D eigenvalue weighted by atomic mass is 9.74. The molecule has 0 bridgehead atoms. The molecule has 0 aliphatic rings. The van der Waals surface area contributed by atoms with Crippen LogP contribution in [0.15, 0.2) is 30.3 Å². The Balaban J connectivity index is 2.95. The fourth-order valence-electron chi connectivity index (χ4n) is 1.80. The van der Waals surface area contributed by atoms with E-state index in [1.807, 2.05) is 30.3 Å². The second-order valence-electron chi connectivity index (χ2n) is 6.05. The SMILES string of the molecule is CC(C)(C)CC[C@@](C)(C(=O)[O-])c1ccccc1. The molecule has 94 valence electrons. The Morgan fingerprint density at radius 2 is 1.59 bits per heavy atom. The summed E-state index contributed by atoms with van der Waals surface area (Å²) in [6, 6.07) is 9.35. The average Bonchev–Trinajstić information content (AvgIpc) is 2.26. The quantitative estimate of drug-likeness (QED) is 0.801. The molecule has 0 spiro atoms. The van der Waals surface area contributed by atoms with Gasteiger partial charge in [-0.25, -0.2) is 0 Å². The number of rotatable bonds is 4. The summed E-state index contributed by atoms with van der Waals surface area (Å²) >= 11 is 0. The molecule has 17 heavy (non-hydrogen) atoms. The van der Waals surface area contributed by atoms with Crippen LogP contribution in [0.1, 0.15) is 46.1 Å². The van der Waals surface area contributed by atoms with Crippen molar-refractivity contribution in [2.24, 2.45) is 5.41 Å². The summed E-state index contributed by atoms with van der Waals surface area (Å²) in [4.78, 5) is 11.4. The summed E-state index contributed by atoms with van der Waals surface area (Å²) in [6.45, 7) is 8.11. The maximum atomic E-state index is 11.4. The van der Waals surface area contributed by atoms with Crippen molar-refractivity contribution in [2.45, 2.75) is 46.0 Å². The maximum absolute atomic E-state index is 11.4. The van der Waals surface area contributed by atoms with Crippen molar-refractivity contribution in [3.05, 3.63) is 35.9 Å². The van der Waals surface area contributed by atoms with Crippen LogP contribution in [-0.4, -0.2) is 5.97 Å². The summed E-state index contributed by atoms with van der Waals surface area (Å²) in [6.07, 6.45) is 1.45. The molecule has 0 unspecified atom stereocenters. The fraction of sp³-hybridized carbons (Fsp3) is 0.533. The Bertz CT molecular complexity index is 376. The van der Waals surface area contributed by atoms with Gasteiger partial charge in [0.15, 0.2) is 0 Å². The topological polar surface area (TPSA) is 40.1 Å². The van der Waals surface area contributed by atoms with Gasteiger partial charge < -0.3 is 9.90 Å². The molecule has 0 saturated heterocycles. The van der Waals surface area contributed by atoms with E-state index >= 15 is 0 Å². The van der Waals surface area contributed by atoms with Crippen molar-refractivity contribution in [2.75, 3.05) is 0 Å². The van der Waals surface area contributed by atoms with Crippen LogP contribution in [0.4, 0.5) is 0 Å². The molecule has 1 aromatic rings. The largest absolute Gasteiger partial charge is 0.549 e. The number of aliphatic carboxylic acids is 1. The van der Waals surface area contributed by atoms with E-state index in [0.717, 1.165) is 12.0 Å². The molecule has 1 atom stereocenters. The summed E-state index contributed by atoms with van der Waals surface area (Å²) in [5.74, 6) is -0.993. The Morgan fingerprint density at radius 3 is 2.00 bits per heavy atom. The number of hydrogen-bond donors (Lipinski definition) is 0. The van der Waals surface area contributed by atoms with Crippen molar-refractivity contribution in [1.82, 2.24) is 0 Å². The first kappa shape index (κ1) is 13.8. The second-order valence-corrected chi connectivity index (χ2v) is 6.05. The Kier molecular flexibility index (Phi) is 3.97. The van der Waals surface area contributed by atoms with Crippen LogP contribution in [-0.2, 0) is 10.2 Å². The first-order valence-corrected chi connectivity index (χ1v) is 6.03. The standard InChI is InChI=1S/C15H22O2/c1-14(2,3)10-11-15(4,13(16)17)12-8-6-5-7-9-12/h5-9H,10-11H2,1-4H3,(H,16,17)/p-1/t15-/m1/s1. The van der Waals surface area contributed by atoms with E-state index in [1.165, 1.54) is 0 Å². The van der Waals surface area contributed by atoms with E-state index in [0.29, 0.717) is 6.42 Å². The monoisotopic (exact) mass is 233 g/mol. The number of carboxylic acid groups (broad SMARTS) is 1. The molecule has 2 heteroatoms. The van der Waals surface area contributed by atoms with E-state index in [4.69, 9.17) is 0 Å². The number of carboxylic acids is 1. The van der Waals surface area contributed by atoms with E-state index in [2.05, 4.69) is 20.8 Å². The molecule has 0 aliphatic carbocycles. The fourth-order valence-corrected chi connectivity index (χ4v) is 1.80. The van der Waals surface area contributed by atoms with Crippen LogP contribution in [0.2, 0.25) is 0 Å². The van der Waals surface area contributed by atoms with Gasteiger partial charge in [0.25, 0.3) is 0 Å². The zero-order chi connectivity index (χ0) is 13.1. The number of carbonyl (C=O) groups excluding carboxylic acids is 1. The minimum atomic E-state index is -0.993. The van der Waals surface area contributed by atoms with Crippen LogP contribution < -0.4 is 5.11 Å². The lowest BCUT2D eigenvalue weighted by molar-refractivity contribution is -0.313. The van der Waals surface area contributed by atoms with Crippen molar-refractivity contribution in [1.29, 1.82) is 0 Å². The molecule has 0 aliphatic heterocycles. The summed E-state index contributed by atoms with van der Waals surface area (Å²) < 4.78 is 0. The van der Waals surface area contributed by atoms with Gasteiger partial charge >= 0.3 is 0 Å². The molecular formula is C15H21O2-. The molecule has 0 aromatic heterocycles. The molecule has 0 saturated carbocycles. The Morgan fingerprint density at radius 1 is 1.06 bits per heavy atom. The highest BCUT2D eigenvalue weighted by Gasteiger charge is 2.29. The third-order valence-corrected chi connectivity index (χ3v) is 3.24. The molecule has 1 rings (SSSR count). The second kappa shape index (κ2) is 4.91. The predicted octanol–water partition coefficient (Wildman–Crippen LogP) is 2.52. The van der Waals surface area contributed by atoms with E-state index in [-0.39, 0.29) is 5.41 Å². The maximum Gasteiger partial charge on any atom is 0.0517 e. The molecule has 0 heterocycles. The third-order valence-electron chi connectivity index (χ3n) is 3.24. The van der Waals surface area contributed by atoms with Gasteiger partial charge in [-0.2, -0.15) is 0 Å². The molecule has 2 nitrogen and oxygen atoms in total. The number of benzene rings is 1. The van der Waals surface area contributed by atoms with E-state index in [1.54, 1.807) is 6.92 Å². The van der Waals surface area contributed by atoms with Gasteiger partial charge in [0, 0.05) is 5.41 Å². The number of hydrogen-bond acceptors (Lipinski definition) is 2. The van der Waals surface area contributed by atoms with Gasteiger partial charge in [-0.3, -0.25) is 0 Å². The van der Waals surface area contributed by atoms with Gasteiger partial charge in [0.1, 0.15) is 0 Å². The highest BCUT2D eigenvalue weighted by molar-refractivity contribution is 5.78. The Hall–Kier alpha value is -1.31. The van der Waals surface area contributed by atoms with E-state index < -0.39 is 11.4 Å². The zero-order valence-electron chi connectivity index (χ0n) is 11.1. The van der Waals surface area contributed by atoms with Gasteiger partial charge in [0.2, 0.25) is 0 Å². The van der Waals surface area contributed by atoms with E-state index in [9.17, 15) is 9.90 Å². The lowest BCUT2D eigenvalue weighted by Gasteiger charge is -2.34. The highest BCUT2D eigenvalue weighted by atomic mass is 16.4. The molecule has 0 amide bonds. The van der Waals surface area contributed by atoms with Crippen molar-refractivity contribution in [3.8, 4) is 0 Å². The first-order chi connectivity index (χ1) is 7.76. The summed E-state index contributed by atoms with van der Waals surface area (Å²) in [5.41, 5.74) is 0.0595. The minimum Gasteiger partial charge on any atom is -0.549 e. The van der Waals surface area contributed by atoms with Crippen LogP contribution in [0.3, 0.4) is 0 Å². The van der Waals surface area contributed by atoms with Gasteiger partial charge in [-0.05, 0) is 23.8 Å². The predicted molar refractivity (Wildman–Crippen MR) is 67.5 cm³/mol. The smallest absolute Gasteiger partial charge is 0.0517 e. The lowest BCUT2D eigenvalue weighted by Crippen LogP contribution is -2.44.